The maximum absolute atomic E-state index is 10.9. The van der Waals surface area contributed by atoms with Crippen molar-refractivity contribution in [3.8, 4) is 5.75 Å². The minimum Gasteiger partial charge on any atom is -0.496 e. The molecule has 2 atom stereocenters. The molecule has 3 nitrogen and oxygen atoms in total. The van der Waals surface area contributed by atoms with Crippen molar-refractivity contribution in [2.75, 3.05) is 7.11 Å². The Labute approximate surface area is 114 Å². The van der Waals surface area contributed by atoms with Gasteiger partial charge in [-0.2, -0.15) is 0 Å². The molecular weight excluding hydrogens is 240 g/mol. The van der Waals surface area contributed by atoms with Gasteiger partial charge in [-0.1, -0.05) is 19.9 Å². The third-order valence-electron chi connectivity index (χ3n) is 4.27. The molecule has 1 aromatic carbocycles. The van der Waals surface area contributed by atoms with Crippen LogP contribution in [0.4, 0.5) is 0 Å². The summed E-state index contributed by atoms with van der Waals surface area (Å²) in [6.45, 7) is 7.42. The van der Waals surface area contributed by atoms with Crippen molar-refractivity contribution in [2.45, 2.75) is 38.9 Å². The van der Waals surface area contributed by atoms with E-state index in [0.717, 1.165) is 16.9 Å². The summed E-state index contributed by atoms with van der Waals surface area (Å²) in [5.74, 6) is 0.625. The van der Waals surface area contributed by atoms with Crippen molar-refractivity contribution < 1.29 is 14.9 Å². The summed E-state index contributed by atoms with van der Waals surface area (Å²) in [5, 5.41) is 21.6. The maximum Gasteiger partial charge on any atom is 0.122 e. The first-order chi connectivity index (χ1) is 8.74. The van der Waals surface area contributed by atoms with Crippen LogP contribution < -0.4 is 4.74 Å². The summed E-state index contributed by atoms with van der Waals surface area (Å²) in [5.41, 5.74) is 0.0194. The normalized spacial score (nSPS) is 29.5. The summed E-state index contributed by atoms with van der Waals surface area (Å²) in [6, 6.07) is 3.79. The van der Waals surface area contributed by atoms with Gasteiger partial charge in [-0.3, -0.25) is 0 Å². The number of fused-ring (bicyclic) bond motifs is 1. The quantitative estimate of drug-likeness (QED) is 0.861. The molecule has 1 aliphatic rings. The third kappa shape index (κ3) is 1.88. The van der Waals surface area contributed by atoms with E-state index in [1.807, 2.05) is 39.0 Å². The Morgan fingerprint density at radius 3 is 2.37 bits per heavy atom. The predicted octanol–water partition coefficient (Wildman–Crippen LogP) is 2.63. The lowest BCUT2D eigenvalue weighted by Gasteiger charge is -2.45. The lowest BCUT2D eigenvalue weighted by atomic mass is 9.68. The highest BCUT2D eigenvalue weighted by Gasteiger charge is 2.50. The van der Waals surface area contributed by atoms with Crippen molar-refractivity contribution in [1.29, 1.82) is 0 Å². The van der Waals surface area contributed by atoms with E-state index in [1.54, 1.807) is 20.1 Å². The Morgan fingerprint density at radius 2 is 1.84 bits per heavy atom. The van der Waals surface area contributed by atoms with Gasteiger partial charge in [0, 0.05) is 0 Å². The number of ether oxygens (including phenoxy) is 1. The molecule has 0 saturated heterocycles. The van der Waals surface area contributed by atoms with Gasteiger partial charge in [0.05, 0.1) is 7.11 Å². The molecule has 3 heteroatoms. The number of rotatable bonds is 2. The summed E-state index contributed by atoms with van der Waals surface area (Å²) >= 11 is 0. The van der Waals surface area contributed by atoms with E-state index in [4.69, 9.17) is 4.74 Å². The first kappa shape index (κ1) is 14.1. The van der Waals surface area contributed by atoms with Gasteiger partial charge in [-0.15, -0.1) is 0 Å². The maximum atomic E-state index is 10.9. The highest BCUT2D eigenvalue weighted by Crippen LogP contribution is 2.45. The largest absolute Gasteiger partial charge is 0.496 e. The van der Waals surface area contributed by atoms with Crippen molar-refractivity contribution in [1.82, 2.24) is 0 Å². The van der Waals surface area contributed by atoms with Crippen LogP contribution in [0.2, 0.25) is 0 Å². The van der Waals surface area contributed by atoms with Gasteiger partial charge >= 0.3 is 0 Å². The number of hydrogen-bond acceptors (Lipinski definition) is 3. The van der Waals surface area contributed by atoms with Crippen LogP contribution in [0.15, 0.2) is 18.2 Å². The molecule has 1 aromatic rings. The highest BCUT2D eigenvalue weighted by molar-refractivity contribution is 5.64. The average molecular weight is 262 g/mol. The zero-order valence-electron chi connectivity index (χ0n) is 12.2. The highest BCUT2D eigenvalue weighted by atomic mass is 16.5. The third-order valence-corrected chi connectivity index (χ3v) is 4.27. The second kappa shape index (κ2) is 4.36. The fourth-order valence-corrected chi connectivity index (χ4v) is 2.84. The molecular formula is C16H22O3. The Hall–Kier alpha value is -1.32. The van der Waals surface area contributed by atoms with Crippen molar-refractivity contribution in [3.05, 3.63) is 34.9 Å². The minimum atomic E-state index is -1.34. The summed E-state index contributed by atoms with van der Waals surface area (Å²) < 4.78 is 5.32. The van der Waals surface area contributed by atoms with Crippen LogP contribution in [0.25, 0.3) is 6.08 Å². The van der Waals surface area contributed by atoms with Crippen molar-refractivity contribution >= 4 is 6.08 Å². The van der Waals surface area contributed by atoms with Gasteiger partial charge in [0.1, 0.15) is 17.0 Å². The zero-order valence-corrected chi connectivity index (χ0v) is 12.2. The van der Waals surface area contributed by atoms with Crippen LogP contribution in [-0.4, -0.2) is 22.9 Å². The smallest absolute Gasteiger partial charge is 0.122 e. The lowest BCUT2D eigenvalue weighted by Crippen LogP contribution is -2.53. The summed E-state index contributed by atoms with van der Waals surface area (Å²) in [6.07, 6.45) is 3.58. The van der Waals surface area contributed by atoms with Crippen molar-refractivity contribution in [3.63, 3.8) is 0 Å². The minimum absolute atomic E-state index is 0.0980. The molecule has 0 heterocycles. The molecule has 2 unspecified atom stereocenters. The van der Waals surface area contributed by atoms with Gasteiger partial charge in [0.25, 0.3) is 0 Å². The topological polar surface area (TPSA) is 49.7 Å². The molecule has 0 saturated carbocycles. The molecule has 19 heavy (non-hydrogen) atoms. The van der Waals surface area contributed by atoms with Crippen LogP contribution in [0.3, 0.4) is 0 Å². The van der Waals surface area contributed by atoms with Crippen LogP contribution in [0, 0.1) is 12.8 Å². The van der Waals surface area contributed by atoms with Gasteiger partial charge in [0.15, 0.2) is 0 Å². The molecule has 0 fully saturated rings. The van der Waals surface area contributed by atoms with Gasteiger partial charge < -0.3 is 14.9 Å². The van der Waals surface area contributed by atoms with Crippen molar-refractivity contribution in [2.24, 2.45) is 5.92 Å². The Morgan fingerprint density at radius 1 is 1.21 bits per heavy atom. The second-order valence-corrected chi connectivity index (χ2v) is 5.79. The molecule has 0 radical (unpaired) electrons. The molecule has 0 aromatic heterocycles. The average Bonchev–Trinajstić information content (AvgIpc) is 2.33. The molecule has 104 valence electrons. The fraction of sp³-hybridized carbons (Fsp3) is 0.500. The van der Waals surface area contributed by atoms with Crippen LogP contribution in [-0.2, 0) is 5.60 Å². The Balaban J connectivity index is 2.67. The predicted molar refractivity (Wildman–Crippen MR) is 76.1 cm³/mol. The number of aryl methyl sites for hydroxylation is 1. The van der Waals surface area contributed by atoms with E-state index in [9.17, 15) is 10.2 Å². The molecule has 0 amide bonds. The van der Waals surface area contributed by atoms with E-state index < -0.39 is 11.2 Å². The van der Waals surface area contributed by atoms with E-state index in [0.29, 0.717) is 5.56 Å². The molecule has 1 aliphatic carbocycles. The number of methoxy groups -OCH3 is 1. The number of benzene rings is 1. The first-order valence-electron chi connectivity index (χ1n) is 6.57. The lowest BCUT2D eigenvalue weighted by molar-refractivity contribution is -0.142. The SMILES string of the molecule is COc1cc2c(cc1C)C=CC(O)(C(C)C)C2(C)O. The zero-order chi connectivity index (χ0) is 14.4. The number of aliphatic hydroxyl groups is 2. The van der Waals surface area contributed by atoms with Gasteiger partial charge in [-0.05, 0) is 54.7 Å². The van der Waals surface area contributed by atoms with E-state index in [-0.39, 0.29) is 5.92 Å². The fourth-order valence-electron chi connectivity index (χ4n) is 2.84. The van der Waals surface area contributed by atoms with E-state index in [1.165, 1.54) is 0 Å². The summed E-state index contributed by atoms with van der Waals surface area (Å²) in [7, 11) is 1.61. The molecule has 0 spiro atoms. The number of hydrogen-bond donors (Lipinski definition) is 2. The Kier molecular flexibility index (Phi) is 3.23. The van der Waals surface area contributed by atoms with Gasteiger partial charge in [-0.25, -0.2) is 0 Å². The van der Waals surface area contributed by atoms with Gasteiger partial charge in [0.2, 0.25) is 0 Å². The first-order valence-corrected chi connectivity index (χ1v) is 6.57. The molecule has 0 bridgehead atoms. The van der Waals surface area contributed by atoms with Crippen LogP contribution >= 0.6 is 0 Å². The molecule has 0 aliphatic heterocycles. The van der Waals surface area contributed by atoms with E-state index >= 15 is 0 Å². The standard InChI is InChI=1S/C16H22O3/c1-10(2)16(18)7-6-12-8-11(3)14(19-5)9-13(12)15(16,4)17/h6-10,17-18H,1-5H3. The van der Waals surface area contributed by atoms with Crippen LogP contribution in [0.1, 0.15) is 37.5 Å². The van der Waals surface area contributed by atoms with Crippen LogP contribution in [0.5, 0.6) is 5.75 Å². The second-order valence-electron chi connectivity index (χ2n) is 5.79. The molecule has 2 N–H and O–H groups in total. The van der Waals surface area contributed by atoms with E-state index in [2.05, 4.69) is 0 Å². The Bertz CT molecular complexity index is 529. The summed E-state index contributed by atoms with van der Waals surface area (Å²) in [4.78, 5) is 0. The monoisotopic (exact) mass is 262 g/mol. The molecule has 2 rings (SSSR count).